The van der Waals surface area contributed by atoms with Gasteiger partial charge in [-0.1, -0.05) is 45.0 Å². The van der Waals surface area contributed by atoms with Gasteiger partial charge in [-0.2, -0.15) is 8.42 Å². The first-order valence-corrected chi connectivity index (χ1v) is 7.88. The van der Waals surface area contributed by atoms with Crippen LogP contribution in [0.3, 0.4) is 0 Å². The minimum Gasteiger partial charge on any atom is -0.378 e. The predicted octanol–water partition coefficient (Wildman–Crippen LogP) is 3.73. The number of benzene rings is 2. The Kier molecular flexibility index (Phi) is 2.70. The fourth-order valence-electron chi connectivity index (χ4n) is 2.35. The molecule has 3 nitrogen and oxygen atoms in total. The number of rotatable bonds is 0. The first-order valence-electron chi connectivity index (χ1n) is 6.47. The Hall–Kier alpha value is -1.81. The molecule has 0 bridgehead atoms. The third-order valence-corrected chi connectivity index (χ3v) is 4.79. The van der Waals surface area contributed by atoms with Crippen molar-refractivity contribution < 1.29 is 12.6 Å². The fourth-order valence-corrected chi connectivity index (χ4v) is 3.51. The van der Waals surface area contributed by atoms with Crippen LogP contribution in [0.4, 0.5) is 0 Å². The van der Waals surface area contributed by atoms with Gasteiger partial charge in [0, 0.05) is 11.1 Å². The molecule has 0 saturated carbocycles. The summed E-state index contributed by atoms with van der Waals surface area (Å²) in [6.45, 7) is 6.38. The lowest BCUT2D eigenvalue weighted by atomic mass is 9.85. The van der Waals surface area contributed by atoms with Crippen LogP contribution in [0.25, 0.3) is 11.1 Å². The Morgan fingerprint density at radius 3 is 2.35 bits per heavy atom. The van der Waals surface area contributed by atoms with Gasteiger partial charge in [-0.15, -0.1) is 0 Å². The summed E-state index contributed by atoms with van der Waals surface area (Å²) in [4.78, 5) is 0.235. The number of hydrogen-bond donors (Lipinski definition) is 0. The van der Waals surface area contributed by atoms with Crippen molar-refractivity contribution in [2.45, 2.75) is 31.1 Å². The molecule has 0 N–H and O–H groups in total. The van der Waals surface area contributed by atoms with E-state index in [0.717, 1.165) is 11.1 Å². The van der Waals surface area contributed by atoms with Crippen LogP contribution in [0.15, 0.2) is 47.4 Å². The summed E-state index contributed by atoms with van der Waals surface area (Å²) in [5, 5.41) is 0. The second-order valence-corrected chi connectivity index (χ2v) is 7.51. The zero-order valence-corrected chi connectivity index (χ0v) is 12.5. The van der Waals surface area contributed by atoms with Gasteiger partial charge in [0.1, 0.15) is 4.90 Å². The van der Waals surface area contributed by atoms with E-state index in [9.17, 15) is 8.42 Å². The molecule has 1 aliphatic rings. The minimum absolute atomic E-state index is 0.000293. The SMILES string of the molecule is CC(C)(C)c1ccc2c(c1)-c1ccccc1S(=O)(=O)O2. The maximum absolute atomic E-state index is 12.1. The Labute approximate surface area is 119 Å². The smallest absolute Gasteiger partial charge is 0.339 e. The van der Waals surface area contributed by atoms with Crippen molar-refractivity contribution in [3.8, 4) is 16.9 Å². The predicted molar refractivity (Wildman–Crippen MR) is 78.4 cm³/mol. The molecular weight excluding hydrogens is 272 g/mol. The standard InChI is InChI=1S/C16H16O3S/c1-16(2,3)11-8-9-14-13(10-11)12-6-4-5-7-15(12)20(17,18)19-14/h4-10H,1-3H3. The topological polar surface area (TPSA) is 43.4 Å². The van der Waals surface area contributed by atoms with E-state index in [2.05, 4.69) is 20.8 Å². The van der Waals surface area contributed by atoms with E-state index >= 15 is 0 Å². The lowest BCUT2D eigenvalue weighted by Crippen LogP contribution is -2.17. The molecule has 2 aromatic carbocycles. The van der Waals surface area contributed by atoms with Gasteiger partial charge in [0.2, 0.25) is 0 Å². The van der Waals surface area contributed by atoms with E-state index in [-0.39, 0.29) is 10.3 Å². The summed E-state index contributed by atoms with van der Waals surface area (Å²) >= 11 is 0. The zero-order valence-electron chi connectivity index (χ0n) is 11.7. The molecule has 20 heavy (non-hydrogen) atoms. The number of fused-ring (bicyclic) bond motifs is 3. The van der Waals surface area contributed by atoms with Crippen LogP contribution in [-0.4, -0.2) is 8.42 Å². The van der Waals surface area contributed by atoms with Crippen LogP contribution in [0.5, 0.6) is 5.75 Å². The second kappa shape index (κ2) is 4.09. The molecule has 104 valence electrons. The van der Waals surface area contributed by atoms with Gasteiger partial charge in [-0.3, -0.25) is 0 Å². The molecule has 1 heterocycles. The molecule has 0 radical (unpaired) electrons. The van der Waals surface area contributed by atoms with E-state index in [0.29, 0.717) is 11.3 Å². The molecule has 2 aromatic rings. The van der Waals surface area contributed by atoms with Crippen molar-refractivity contribution in [3.05, 3.63) is 48.0 Å². The quantitative estimate of drug-likeness (QED) is 0.694. The van der Waals surface area contributed by atoms with E-state index in [1.165, 1.54) is 0 Å². The molecule has 0 amide bonds. The molecule has 0 atom stereocenters. The highest BCUT2D eigenvalue weighted by atomic mass is 32.2. The first-order chi connectivity index (χ1) is 9.29. The van der Waals surface area contributed by atoms with Gasteiger partial charge in [-0.05, 0) is 29.2 Å². The Bertz CT molecular complexity index is 784. The van der Waals surface area contributed by atoms with E-state index in [1.54, 1.807) is 18.2 Å². The molecule has 0 spiro atoms. The molecular formula is C16H16O3S. The van der Waals surface area contributed by atoms with Crippen LogP contribution in [0, 0.1) is 0 Å². The summed E-state index contributed by atoms with van der Waals surface area (Å²) in [5.41, 5.74) is 2.69. The summed E-state index contributed by atoms with van der Waals surface area (Å²) in [6.07, 6.45) is 0. The lowest BCUT2D eigenvalue weighted by molar-refractivity contribution is 0.482. The molecule has 0 fully saturated rings. The summed E-state index contributed by atoms with van der Waals surface area (Å²) in [7, 11) is -3.70. The zero-order chi connectivity index (χ0) is 14.5. The van der Waals surface area contributed by atoms with Gasteiger partial charge >= 0.3 is 10.1 Å². The highest BCUT2D eigenvalue weighted by Gasteiger charge is 2.30. The van der Waals surface area contributed by atoms with Crippen LogP contribution < -0.4 is 4.18 Å². The van der Waals surface area contributed by atoms with Crippen molar-refractivity contribution in [1.82, 2.24) is 0 Å². The average Bonchev–Trinajstić information content (AvgIpc) is 2.37. The van der Waals surface area contributed by atoms with Crippen molar-refractivity contribution in [2.75, 3.05) is 0 Å². The van der Waals surface area contributed by atoms with Crippen molar-refractivity contribution in [2.24, 2.45) is 0 Å². The molecule has 0 saturated heterocycles. The van der Waals surface area contributed by atoms with Crippen molar-refractivity contribution in [3.63, 3.8) is 0 Å². The summed E-state index contributed by atoms with van der Waals surface area (Å²) < 4.78 is 29.4. The monoisotopic (exact) mass is 288 g/mol. The highest BCUT2D eigenvalue weighted by Crippen LogP contribution is 2.42. The van der Waals surface area contributed by atoms with Gasteiger partial charge in [0.15, 0.2) is 5.75 Å². The molecule has 4 heteroatoms. The number of hydrogen-bond acceptors (Lipinski definition) is 3. The Morgan fingerprint density at radius 2 is 1.65 bits per heavy atom. The maximum atomic E-state index is 12.1. The van der Waals surface area contributed by atoms with Gasteiger partial charge in [0.05, 0.1) is 0 Å². The molecule has 0 aliphatic carbocycles. The maximum Gasteiger partial charge on any atom is 0.339 e. The summed E-state index contributed by atoms with van der Waals surface area (Å²) in [5.74, 6) is 0.400. The summed E-state index contributed by atoms with van der Waals surface area (Å²) in [6, 6.07) is 12.6. The van der Waals surface area contributed by atoms with E-state index in [4.69, 9.17) is 4.18 Å². The van der Waals surface area contributed by atoms with Gasteiger partial charge in [0.25, 0.3) is 0 Å². The van der Waals surface area contributed by atoms with Crippen molar-refractivity contribution in [1.29, 1.82) is 0 Å². The van der Waals surface area contributed by atoms with Crippen LogP contribution in [-0.2, 0) is 15.5 Å². The first kappa shape index (κ1) is 13.2. The minimum atomic E-state index is -3.70. The lowest BCUT2D eigenvalue weighted by Gasteiger charge is -2.24. The second-order valence-electron chi connectivity index (χ2n) is 5.99. The third-order valence-electron chi connectivity index (χ3n) is 3.49. The Balaban J connectivity index is 2.30. The molecule has 0 aromatic heterocycles. The molecule has 0 unspecified atom stereocenters. The molecule has 1 aliphatic heterocycles. The van der Waals surface area contributed by atoms with Gasteiger partial charge in [-0.25, -0.2) is 0 Å². The molecule has 3 rings (SSSR count). The Morgan fingerprint density at radius 1 is 0.950 bits per heavy atom. The highest BCUT2D eigenvalue weighted by molar-refractivity contribution is 7.87. The largest absolute Gasteiger partial charge is 0.378 e. The van der Waals surface area contributed by atoms with Crippen LogP contribution in [0.1, 0.15) is 26.3 Å². The van der Waals surface area contributed by atoms with E-state index in [1.807, 2.05) is 24.3 Å². The van der Waals surface area contributed by atoms with E-state index < -0.39 is 10.1 Å². The van der Waals surface area contributed by atoms with Gasteiger partial charge < -0.3 is 4.18 Å². The van der Waals surface area contributed by atoms with Crippen LogP contribution in [0.2, 0.25) is 0 Å². The average molecular weight is 288 g/mol. The van der Waals surface area contributed by atoms with Crippen LogP contribution >= 0.6 is 0 Å². The fraction of sp³-hybridized carbons (Fsp3) is 0.250. The van der Waals surface area contributed by atoms with Crippen molar-refractivity contribution >= 4 is 10.1 Å². The normalized spacial score (nSPS) is 15.9. The third kappa shape index (κ3) is 2.00.